The second-order valence-electron chi connectivity index (χ2n) is 4.23. The van der Waals surface area contributed by atoms with Gasteiger partial charge in [-0.2, -0.15) is 0 Å². The first-order chi connectivity index (χ1) is 7.66. The molecular weight excluding hydrogens is 196 g/mol. The van der Waals surface area contributed by atoms with Crippen LogP contribution >= 0.6 is 0 Å². The van der Waals surface area contributed by atoms with E-state index in [1.165, 1.54) is 11.1 Å². The molecule has 0 aromatic heterocycles. The SMILES string of the molecule is Cc1cc(C)cc([C@H](O)c2ccccc2)c1. The topological polar surface area (TPSA) is 20.2 Å². The van der Waals surface area contributed by atoms with E-state index in [-0.39, 0.29) is 0 Å². The van der Waals surface area contributed by atoms with Crippen molar-refractivity contribution in [1.29, 1.82) is 0 Å². The summed E-state index contributed by atoms with van der Waals surface area (Å²) < 4.78 is 0. The molecular formula is C15H16O. The third-order valence-electron chi connectivity index (χ3n) is 2.68. The van der Waals surface area contributed by atoms with Crippen LogP contribution in [0, 0.1) is 13.8 Å². The fourth-order valence-electron chi connectivity index (χ4n) is 2.00. The van der Waals surface area contributed by atoms with E-state index in [1.807, 2.05) is 56.3 Å². The number of aliphatic hydroxyl groups excluding tert-OH is 1. The number of aliphatic hydroxyl groups is 1. The van der Waals surface area contributed by atoms with Crippen molar-refractivity contribution < 1.29 is 5.11 Å². The van der Waals surface area contributed by atoms with Crippen molar-refractivity contribution >= 4 is 0 Å². The number of benzene rings is 2. The minimum Gasteiger partial charge on any atom is -0.384 e. The summed E-state index contributed by atoms with van der Waals surface area (Å²) in [6, 6.07) is 15.9. The van der Waals surface area contributed by atoms with Crippen LogP contribution in [0.5, 0.6) is 0 Å². The van der Waals surface area contributed by atoms with Gasteiger partial charge in [0, 0.05) is 0 Å². The van der Waals surface area contributed by atoms with E-state index in [4.69, 9.17) is 0 Å². The van der Waals surface area contributed by atoms with Crippen LogP contribution in [0.15, 0.2) is 48.5 Å². The molecule has 0 aliphatic heterocycles. The summed E-state index contributed by atoms with van der Waals surface area (Å²) in [5.41, 5.74) is 4.27. The Morgan fingerprint density at radius 2 is 1.38 bits per heavy atom. The van der Waals surface area contributed by atoms with Gasteiger partial charge in [-0.15, -0.1) is 0 Å². The molecule has 16 heavy (non-hydrogen) atoms. The molecule has 0 fully saturated rings. The zero-order valence-electron chi connectivity index (χ0n) is 9.64. The molecule has 0 amide bonds. The van der Waals surface area contributed by atoms with Crippen LogP contribution in [-0.4, -0.2) is 5.11 Å². The van der Waals surface area contributed by atoms with Crippen molar-refractivity contribution in [3.05, 3.63) is 70.8 Å². The van der Waals surface area contributed by atoms with Gasteiger partial charge >= 0.3 is 0 Å². The molecule has 0 spiro atoms. The normalized spacial score (nSPS) is 12.4. The van der Waals surface area contributed by atoms with E-state index in [0.29, 0.717) is 0 Å². The minimum atomic E-state index is -0.528. The van der Waals surface area contributed by atoms with Crippen LogP contribution in [0.1, 0.15) is 28.4 Å². The molecule has 0 radical (unpaired) electrons. The highest BCUT2D eigenvalue weighted by atomic mass is 16.3. The number of aryl methyl sites for hydroxylation is 2. The van der Waals surface area contributed by atoms with Crippen molar-refractivity contribution in [1.82, 2.24) is 0 Å². The summed E-state index contributed by atoms with van der Waals surface area (Å²) in [5.74, 6) is 0. The van der Waals surface area contributed by atoms with Crippen molar-refractivity contribution in [3.63, 3.8) is 0 Å². The van der Waals surface area contributed by atoms with Gasteiger partial charge in [0.25, 0.3) is 0 Å². The summed E-state index contributed by atoms with van der Waals surface area (Å²) in [5, 5.41) is 10.2. The first-order valence-electron chi connectivity index (χ1n) is 5.48. The molecule has 2 aromatic rings. The highest BCUT2D eigenvalue weighted by Crippen LogP contribution is 2.23. The molecule has 1 N–H and O–H groups in total. The first kappa shape index (κ1) is 10.9. The van der Waals surface area contributed by atoms with Crippen LogP contribution in [0.2, 0.25) is 0 Å². The number of rotatable bonds is 2. The lowest BCUT2D eigenvalue weighted by Gasteiger charge is -2.13. The Bertz CT molecular complexity index is 454. The molecule has 0 aliphatic rings. The largest absolute Gasteiger partial charge is 0.384 e. The van der Waals surface area contributed by atoms with Gasteiger partial charge in [0.15, 0.2) is 0 Å². The molecule has 82 valence electrons. The summed E-state index contributed by atoms with van der Waals surface area (Å²) in [6.07, 6.45) is -0.528. The molecule has 0 bridgehead atoms. The molecule has 0 heterocycles. The smallest absolute Gasteiger partial charge is 0.104 e. The highest BCUT2D eigenvalue weighted by Gasteiger charge is 2.10. The van der Waals surface area contributed by atoms with Gasteiger partial charge in [-0.1, -0.05) is 59.7 Å². The molecule has 1 atom stereocenters. The molecule has 1 nitrogen and oxygen atoms in total. The molecule has 0 saturated carbocycles. The zero-order valence-corrected chi connectivity index (χ0v) is 9.64. The van der Waals surface area contributed by atoms with Crippen molar-refractivity contribution in [2.75, 3.05) is 0 Å². The average molecular weight is 212 g/mol. The van der Waals surface area contributed by atoms with E-state index >= 15 is 0 Å². The van der Waals surface area contributed by atoms with E-state index < -0.39 is 6.10 Å². The van der Waals surface area contributed by atoms with Crippen LogP contribution < -0.4 is 0 Å². The second kappa shape index (κ2) is 4.50. The van der Waals surface area contributed by atoms with Crippen molar-refractivity contribution in [2.24, 2.45) is 0 Å². The van der Waals surface area contributed by atoms with E-state index in [1.54, 1.807) is 0 Å². The fourth-order valence-corrected chi connectivity index (χ4v) is 2.00. The van der Waals surface area contributed by atoms with Crippen LogP contribution in [-0.2, 0) is 0 Å². The third kappa shape index (κ3) is 2.31. The maximum Gasteiger partial charge on any atom is 0.104 e. The van der Waals surface area contributed by atoms with Gasteiger partial charge in [0.2, 0.25) is 0 Å². The van der Waals surface area contributed by atoms with Crippen LogP contribution in [0.4, 0.5) is 0 Å². The maximum absolute atomic E-state index is 10.2. The Kier molecular flexibility index (Phi) is 3.07. The van der Waals surface area contributed by atoms with Gasteiger partial charge in [-0.25, -0.2) is 0 Å². The predicted octanol–water partition coefficient (Wildman–Crippen LogP) is 3.39. The van der Waals surface area contributed by atoms with Gasteiger partial charge < -0.3 is 5.11 Å². The third-order valence-corrected chi connectivity index (χ3v) is 2.68. The van der Waals surface area contributed by atoms with Gasteiger partial charge in [0.1, 0.15) is 6.10 Å². The molecule has 1 heteroatoms. The van der Waals surface area contributed by atoms with E-state index in [2.05, 4.69) is 6.07 Å². The lowest BCUT2D eigenvalue weighted by Crippen LogP contribution is -2.00. The molecule has 2 rings (SSSR count). The lowest BCUT2D eigenvalue weighted by molar-refractivity contribution is 0.220. The lowest BCUT2D eigenvalue weighted by atomic mass is 9.98. The molecule has 0 aliphatic carbocycles. The summed E-state index contributed by atoms with van der Waals surface area (Å²) in [6.45, 7) is 4.10. The molecule has 0 saturated heterocycles. The Morgan fingerprint density at radius 3 is 1.94 bits per heavy atom. The molecule has 0 unspecified atom stereocenters. The van der Waals surface area contributed by atoms with Crippen molar-refractivity contribution in [2.45, 2.75) is 20.0 Å². The van der Waals surface area contributed by atoms with E-state index in [9.17, 15) is 5.11 Å². The summed E-state index contributed by atoms with van der Waals surface area (Å²) in [4.78, 5) is 0. The Morgan fingerprint density at radius 1 is 0.812 bits per heavy atom. The van der Waals surface area contributed by atoms with Gasteiger partial charge in [-0.05, 0) is 25.0 Å². The quantitative estimate of drug-likeness (QED) is 0.809. The Hall–Kier alpha value is -1.60. The molecule has 2 aromatic carbocycles. The zero-order chi connectivity index (χ0) is 11.5. The monoisotopic (exact) mass is 212 g/mol. The van der Waals surface area contributed by atoms with Crippen molar-refractivity contribution in [3.8, 4) is 0 Å². The highest BCUT2D eigenvalue weighted by molar-refractivity contribution is 5.35. The van der Waals surface area contributed by atoms with Crippen LogP contribution in [0.3, 0.4) is 0 Å². The Labute approximate surface area is 96.4 Å². The average Bonchev–Trinajstić information content (AvgIpc) is 2.28. The van der Waals surface area contributed by atoms with E-state index in [0.717, 1.165) is 11.1 Å². The minimum absolute atomic E-state index is 0.528. The van der Waals surface area contributed by atoms with Gasteiger partial charge in [0.05, 0.1) is 0 Å². The maximum atomic E-state index is 10.2. The summed E-state index contributed by atoms with van der Waals surface area (Å²) in [7, 11) is 0. The van der Waals surface area contributed by atoms with Gasteiger partial charge in [-0.3, -0.25) is 0 Å². The predicted molar refractivity (Wildman–Crippen MR) is 66.4 cm³/mol. The fraction of sp³-hybridized carbons (Fsp3) is 0.200. The number of hydrogen-bond donors (Lipinski definition) is 1. The first-order valence-corrected chi connectivity index (χ1v) is 5.48. The second-order valence-corrected chi connectivity index (χ2v) is 4.23. The standard InChI is InChI=1S/C15H16O/c1-11-8-12(2)10-14(9-11)15(16)13-6-4-3-5-7-13/h3-10,15-16H,1-2H3/t15-/m1/s1. The Balaban J connectivity index is 2.37. The number of hydrogen-bond acceptors (Lipinski definition) is 1. The van der Waals surface area contributed by atoms with Crippen LogP contribution in [0.25, 0.3) is 0 Å². The summed E-state index contributed by atoms with van der Waals surface area (Å²) >= 11 is 0.